The van der Waals surface area contributed by atoms with Crippen molar-refractivity contribution in [1.29, 1.82) is 0 Å². The van der Waals surface area contributed by atoms with Gasteiger partial charge in [-0.2, -0.15) is 0 Å². The van der Waals surface area contributed by atoms with Gasteiger partial charge in [0.05, 0.1) is 19.8 Å². The Balaban J connectivity index is 4.23. The highest BCUT2D eigenvalue weighted by atomic mass is 31.2. The van der Waals surface area contributed by atoms with Crippen molar-refractivity contribution in [3.63, 3.8) is 0 Å². The van der Waals surface area contributed by atoms with E-state index in [1.54, 1.807) is 0 Å². The van der Waals surface area contributed by atoms with Gasteiger partial charge in [-0.3, -0.25) is 13.8 Å². The van der Waals surface area contributed by atoms with Crippen molar-refractivity contribution in [1.82, 2.24) is 0 Å². The highest BCUT2D eigenvalue weighted by Crippen LogP contribution is 2.43. The molecule has 2 unspecified atom stereocenters. The number of phosphoric ester groups is 1. The summed E-state index contributed by atoms with van der Waals surface area (Å²) in [5.41, 5.74) is 5.34. The van der Waals surface area contributed by atoms with E-state index in [1.165, 1.54) is 57.8 Å². The lowest BCUT2D eigenvalue weighted by Gasteiger charge is -2.20. The zero-order valence-electron chi connectivity index (χ0n) is 28.6. The van der Waals surface area contributed by atoms with Gasteiger partial charge < -0.3 is 20.1 Å². The molecule has 0 bridgehead atoms. The summed E-state index contributed by atoms with van der Waals surface area (Å²) in [4.78, 5) is 22.3. The third kappa shape index (κ3) is 33.6. The van der Waals surface area contributed by atoms with Crippen LogP contribution in [0.4, 0.5) is 0 Å². The molecule has 0 heterocycles. The molecule has 0 aromatic heterocycles. The number of hydrogen-bond acceptors (Lipinski definition) is 7. The first-order chi connectivity index (χ1) is 21.9. The van der Waals surface area contributed by atoms with E-state index in [2.05, 4.69) is 62.5 Å². The molecule has 0 aromatic carbocycles. The van der Waals surface area contributed by atoms with E-state index in [1.807, 2.05) is 0 Å². The molecule has 9 heteroatoms. The van der Waals surface area contributed by atoms with Crippen molar-refractivity contribution in [2.24, 2.45) is 5.73 Å². The summed E-state index contributed by atoms with van der Waals surface area (Å²) in [6.07, 6.45) is 37.1. The molecular weight excluding hydrogens is 589 g/mol. The summed E-state index contributed by atoms with van der Waals surface area (Å²) < 4.78 is 33.1. The standard InChI is InChI=1S/C36H66NO7P/c1-3-5-7-9-11-13-15-17-18-20-22-24-26-28-31-41-33-35(34-43-45(39,40)42-32-30-37)44-36(38)29-27-25-23-21-19-16-14-12-10-8-6-4-2/h5,7,11,13,17-18,22,24,35H,3-4,6,8-10,12,14-16,19-21,23,25-34,37H2,1-2H3,(H,39,40)/b7-5-,13-11-,18-17-,24-22-. The van der Waals surface area contributed by atoms with Crippen molar-refractivity contribution in [2.45, 2.75) is 142 Å². The molecule has 3 N–H and O–H groups in total. The van der Waals surface area contributed by atoms with Gasteiger partial charge in [0.1, 0.15) is 6.10 Å². The third-order valence-electron chi connectivity index (χ3n) is 7.01. The van der Waals surface area contributed by atoms with E-state index in [9.17, 15) is 14.3 Å². The normalized spacial score (nSPS) is 14.3. The Morgan fingerprint density at radius 2 is 1.22 bits per heavy atom. The summed E-state index contributed by atoms with van der Waals surface area (Å²) >= 11 is 0. The summed E-state index contributed by atoms with van der Waals surface area (Å²) in [5.74, 6) is -0.352. The molecular formula is C36H66NO7P. The van der Waals surface area contributed by atoms with Gasteiger partial charge in [-0.05, 0) is 44.9 Å². The van der Waals surface area contributed by atoms with Crippen molar-refractivity contribution in [2.75, 3.05) is 33.0 Å². The number of phosphoric acid groups is 1. The lowest BCUT2D eigenvalue weighted by atomic mass is 10.0. The van der Waals surface area contributed by atoms with Gasteiger partial charge >= 0.3 is 13.8 Å². The van der Waals surface area contributed by atoms with E-state index >= 15 is 0 Å². The fourth-order valence-corrected chi connectivity index (χ4v) is 5.23. The summed E-state index contributed by atoms with van der Waals surface area (Å²) in [6, 6.07) is 0. The number of esters is 1. The van der Waals surface area contributed by atoms with Crippen LogP contribution in [-0.4, -0.2) is 49.9 Å². The van der Waals surface area contributed by atoms with Crippen LogP contribution >= 0.6 is 7.82 Å². The highest BCUT2D eigenvalue weighted by molar-refractivity contribution is 7.47. The number of nitrogens with two attached hydrogens (primary N) is 1. The maximum absolute atomic E-state index is 12.5. The van der Waals surface area contributed by atoms with Crippen molar-refractivity contribution in [3.8, 4) is 0 Å². The fourth-order valence-electron chi connectivity index (χ4n) is 4.47. The van der Waals surface area contributed by atoms with Gasteiger partial charge in [0.25, 0.3) is 0 Å². The smallest absolute Gasteiger partial charge is 0.457 e. The number of rotatable bonds is 33. The first kappa shape index (κ1) is 43.5. The van der Waals surface area contributed by atoms with Crippen LogP contribution in [0, 0.1) is 0 Å². The Bertz CT molecular complexity index is 828. The van der Waals surface area contributed by atoms with Gasteiger partial charge in [0, 0.05) is 19.6 Å². The molecule has 0 aromatic rings. The van der Waals surface area contributed by atoms with Crippen LogP contribution in [0.2, 0.25) is 0 Å². The maximum Gasteiger partial charge on any atom is 0.472 e. The van der Waals surface area contributed by atoms with Crippen molar-refractivity contribution >= 4 is 13.8 Å². The Hall–Kier alpha value is -1.54. The largest absolute Gasteiger partial charge is 0.472 e. The lowest BCUT2D eigenvalue weighted by Crippen LogP contribution is -2.28. The first-order valence-corrected chi connectivity index (χ1v) is 19.1. The van der Waals surface area contributed by atoms with Crippen molar-refractivity contribution in [3.05, 3.63) is 48.6 Å². The molecule has 0 aliphatic heterocycles. The second-order valence-electron chi connectivity index (χ2n) is 11.4. The minimum Gasteiger partial charge on any atom is -0.457 e. The highest BCUT2D eigenvalue weighted by Gasteiger charge is 2.25. The summed E-state index contributed by atoms with van der Waals surface area (Å²) in [7, 11) is -4.28. The number of carbonyl (C=O) groups is 1. The Morgan fingerprint density at radius 1 is 0.689 bits per heavy atom. The van der Waals surface area contributed by atoms with Crippen LogP contribution in [0.1, 0.15) is 136 Å². The van der Waals surface area contributed by atoms with Gasteiger partial charge in [0.15, 0.2) is 0 Å². The Kier molecular flexibility index (Phi) is 32.7. The molecule has 45 heavy (non-hydrogen) atoms. The minimum atomic E-state index is -4.28. The molecule has 0 spiro atoms. The van der Waals surface area contributed by atoms with E-state index in [0.29, 0.717) is 13.0 Å². The van der Waals surface area contributed by atoms with E-state index in [4.69, 9.17) is 24.3 Å². The van der Waals surface area contributed by atoms with Gasteiger partial charge in [0.2, 0.25) is 0 Å². The number of ether oxygens (including phenoxy) is 2. The van der Waals surface area contributed by atoms with Crippen LogP contribution in [0.3, 0.4) is 0 Å². The van der Waals surface area contributed by atoms with E-state index in [0.717, 1.165) is 57.8 Å². The molecule has 262 valence electrons. The van der Waals surface area contributed by atoms with Crippen LogP contribution in [0.5, 0.6) is 0 Å². The number of carbonyl (C=O) groups excluding carboxylic acids is 1. The average Bonchev–Trinajstić information content (AvgIpc) is 3.02. The quantitative estimate of drug-likeness (QED) is 0.0311. The number of allylic oxidation sites excluding steroid dienone is 8. The molecule has 0 aliphatic carbocycles. The Morgan fingerprint density at radius 3 is 1.78 bits per heavy atom. The molecule has 0 aliphatic rings. The second-order valence-corrected chi connectivity index (χ2v) is 12.8. The van der Waals surface area contributed by atoms with E-state index in [-0.39, 0.29) is 32.3 Å². The molecule has 0 fully saturated rings. The molecule has 0 radical (unpaired) electrons. The summed E-state index contributed by atoms with van der Waals surface area (Å²) in [6.45, 7) is 4.63. The minimum absolute atomic E-state index is 0.0786. The van der Waals surface area contributed by atoms with Gasteiger partial charge in [-0.1, -0.05) is 133 Å². The summed E-state index contributed by atoms with van der Waals surface area (Å²) in [5, 5.41) is 0. The molecule has 0 amide bonds. The SMILES string of the molecule is CC/C=C\C/C=C\C/C=C\C/C=C\CCCOCC(COP(=O)(O)OCCN)OC(=O)CCCCCCCCCCCCCC. The average molecular weight is 656 g/mol. The topological polar surface area (TPSA) is 117 Å². The Labute approximate surface area is 275 Å². The van der Waals surface area contributed by atoms with Crippen LogP contribution in [0.25, 0.3) is 0 Å². The molecule has 0 saturated heterocycles. The fraction of sp³-hybridized carbons (Fsp3) is 0.750. The van der Waals surface area contributed by atoms with Crippen LogP contribution in [0.15, 0.2) is 48.6 Å². The number of hydrogen-bond donors (Lipinski definition) is 2. The maximum atomic E-state index is 12.5. The molecule has 2 atom stereocenters. The predicted molar refractivity (Wildman–Crippen MR) is 187 cm³/mol. The van der Waals surface area contributed by atoms with Crippen LogP contribution in [-0.2, 0) is 27.9 Å². The number of unbranched alkanes of at least 4 members (excludes halogenated alkanes) is 12. The van der Waals surface area contributed by atoms with Crippen LogP contribution < -0.4 is 5.73 Å². The zero-order chi connectivity index (χ0) is 33.1. The first-order valence-electron chi connectivity index (χ1n) is 17.6. The van der Waals surface area contributed by atoms with E-state index < -0.39 is 13.9 Å². The van der Waals surface area contributed by atoms with Gasteiger partial charge in [-0.25, -0.2) is 4.57 Å². The molecule has 0 saturated carbocycles. The lowest BCUT2D eigenvalue weighted by molar-refractivity contribution is -0.154. The second kappa shape index (κ2) is 33.8. The third-order valence-corrected chi connectivity index (χ3v) is 7.99. The molecule has 8 nitrogen and oxygen atoms in total. The monoisotopic (exact) mass is 655 g/mol. The zero-order valence-corrected chi connectivity index (χ0v) is 29.5. The van der Waals surface area contributed by atoms with Crippen molar-refractivity contribution < 1.29 is 32.8 Å². The van der Waals surface area contributed by atoms with Gasteiger partial charge in [-0.15, -0.1) is 0 Å². The molecule has 0 rings (SSSR count). The predicted octanol–water partition coefficient (Wildman–Crippen LogP) is 9.68.